The highest BCUT2D eigenvalue weighted by molar-refractivity contribution is 5.23. The lowest BCUT2D eigenvalue weighted by atomic mass is 10.1. The summed E-state index contributed by atoms with van der Waals surface area (Å²) in [6, 6.07) is 8.75. The monoisotopic (exact) mass is 274 g/mol. The molecule has 0 unspecified atom stereocenters. The summed E-state index contributed by atoms with van der Waals surface area (Å²) in [5.74, 6) is 0. The molecule has 0 atom stereocenters. The fourth-order valence-corrected chi connectivity index (χ4v) is 1.73. The number of hydrogen-bond acceptors (Lipinski definition) is 4. The molecule has 2 rings (SSSR count). The summed E-state index contributed by atoms with van der Waals surface area (Å²) in [7, 11) is 1.82. The molecule has 2 aromatic rings. The van der Waals surface area contributed by atoms with E-state index in [0.717, 1.165) is 12.1 Å². The van der Waals surface area contributed by atoms with E-state index in [1.807, 2.05) is 19.2 Å². The molecule has 1 heterocycles. The molecule has 0 fully saturated rings. The van der Waals surface area contributed by atoms with E-state index in [9.17, 15) is 0 Å². The second-order valence-corrected chi connectivity index (χ2v) is 5.91. The van der Waals surface area contributed by atoms with Crippen molar-refractivity contribution in [1.29, 1.82) is 0 Å². The number of nitrogens with zero attached hydrogens (tertiary/aromatic N) is 3. The van der Waals surface area contributed by atoms with E-state index in [1.54, 1.807) is 11.0 Å². The van der Waals surface area contributed by atoms with Crippen LogP contribution in [0.15, 0.2) is 30.6 Å². The summed E-state index contributed by atoms with van der Waals surface area (Å²) in [4.78, 5) is 4.04. The first-order chi connectivity index (χ1) is 9.42. The van der Waals surface area contributed by atoms with E-state index in [4.69, 9.17) is 4.74 Å². The van der Waals surface area contributed by atoms with Gasteiger partial charge in [0.25, 0.3) is 0 Å². The number of hydrogen-bond donors (Lipinski definition) is 1. The Morgan fingerprint density at radius 1 is 1.25 bits per heavy atom. The van der Waals surface area contributed by atoms with Crippen LogP contribution in [-0.4, -0.2) is 20.3 Å². The number of benzene rings is 1. The maximum atomic E-state index is 5.55. The van der Waals surface area contributed by atoms with Crippen molar-refractivity contribution in [2.75, 3.05) is 0 Å². The molecule has 0 saturated heterocycles. The molecule has 20 heavy (non-hydrogen) atoms. The Balaban J connectivity index is 1.92. The zero-order valence-electron chi connectivity index (χ0n) is 12.6. The van der Waals surface area contributed by atoms with Gasteiger partial charge in [0.15, 0.2) is 0 Å². The molecule has 0 amide bonds. The predicted octanol–water partition coefficient (Wildman–Crippen LogP) is 2.28. The molecule has 5 nitrogen and oxygen atoms in total. The maximum Gasteiger partial charge on any atom is 0.335 e. The first-order valence-corrected chi connectivity index (χ1v) is 6.74. The lowest BCUT2D eigenvalue weighted by Gasteiger charge is -2.20. The zero-order chi connectivity index (χ0) is 14.6. The molecule has 1 aromatic heterocycles. The topological polar surface area (TPSA) is 52.0 Å². The van der Waals surface area contributed by atoms with Gasteiger partial charge in [-0.25, -0.2) is 0 Å². The van der Waals surface area contributed by atoms with Crippen LogP contribution in [0, 0.1) is 0 Å². The Kier molecular flexibility index (Phi) is 4.39. The molecule has 0 radical (unpaired) electrons. The van der Waals surface area contributed by atoms with Crippen molar-refractivity contribution < 1.29 is 4.74 Å². The van der Waals surface area contributed by atoms with E-state index in [0.29, 0.717) is 12.6 Å². The Morgan fingerprint density at radius 2 is 2.00 bits per heavy atom. The number of ether oxygens (including phenoxy) is 1. The van der Waals surface area contributed by atoms with E-state index < -0.39 is 0 Å². The SMILES string of the molecule is Cn1cnc(OCc2cccc(CNC(C)(C)C)c2)n1. The number of aryl methyl sites for hydroxylation is 1. The lowest BCUT2D eigenvalue weighted by Crippen LogP contribution is -2.35. The van der Waals surface area contributed by atoms with E-state index in [1.165, 1.54) is 5.56 Å². The molecule has 0 bridgehead atoms. The normalized spacial score (nSPS) is 11.6. The van der Waals surface area contributed by atoms with Gasteiger partial charge in [-0.05, 0) is 31.9 Å². The quantitative estimate of drug-likeness (QED) is 0.909. The Labute approximate surface area is 120 Å². The van der Waals surface area contributed by atoms with Crippen LogP contribution in [-0.2, 0) is 20.2 Å². The summed E-state index contributed by atoms with van der Waals surface area (Å²) in [5, 5.41) is 7.56. The fraction of sp³-hybridized carbons (Fsp3) is 0.467. The van der Waals surface area contributed by atoms with Gasteiger partial charge in [-0.15, -0.1) is 5.10 Å². The summed E-state index contributed by atoms with van der Waals surface area (Å²) in [6.45, 7) is 7.80. The van der Waals surface area contributed by atoms with E-state index in [2.05, 4.69) is 48.3 Å². The molecule has 0 saturated carbocycles. The number of nitrogens with one attached hydrogen (secondary N) is 1. The molecular formula is C15H22N4O. The van der Waals surface area contributed by atoms with Crippen LogP contribution in [0.1, 0.15) is 31.9 Å². The molecule has 108 valence electrons. The molecule has 1 aromatic carbocycles. The fourth-order valence-electron chi connectivity index (χ4n) is 1.73. The average Bonchev–Trinajstić information content (AvgIpc) is 2.80. The van der Waals surface area contributed by atoms with Crippen LogP contribution >= 0.6 is 0 Å². The van der Waals surface area contributed by atoms with Crippen LogP contribution in [0.3, 0.4) is 0 Å². The molecule has 0 spiro atoms. The average molecular weight is 274 g/mol. The smallest absolute Gasteiger partial charge is 0.335 e. The van der Waals surface area contributed by atoms with Gasteiger partial charge in [-0.2, -0.15) is 4.98 Å². The Hall–Kier alpha value is -1.88. The first-order valence-electron chi connectivity index (χ1n) is 6.74. The Bertz CT molecular complexity index is 557. The molecule has 5 heteroatoms. The number of aromatic nitrogens is 3. The third-order valence-electron chi connectivity index (χ3n) is 2.76. The summed E-state index contributed by atoms with van der Waals surface area (Å²) in [5.41, 5.74) is 2.48. The van der Waals surface area contributed by atoms with Crippen LogP contribution < -0.4 is 10.1 Å². The zero-order valence-corrected chi connectivity index (χ0v) is 12.6. The minimum absolute atomic E-state index is 0.115. The second kappa shape index (κ2) is 6.05. The molecular weight excluding hydrogens is 252 g/mol. The highest BCUT2D eigenvalue weighted by Gasteiger charge is 2.08. The van der Waals surface area contributed by atoms with Crippen molar-refractivity contribution in [1.82, 2.24) is 20.1 Å². The summed E-state index contributed by atoms with van der Waals surface area (Å²) >= 11 is 0. The van der Waals surface area contributed by atoms with Crippen LogP contribution in [0.25, 0.3) is 0 Å². The van der Waals surface area contributed by atoms with Gasteiger partial charge in [-0.1, -0.05) is 24.3 Å². The highest BCUT2D eigenvalue weighted by Crippen LogP contribution is 2.10. The molecule has 0 aliphatic carbocycles. The third kappa shape index (κ3) is 4.66. The van der Waals surface area contributed by atoms with Crippen molar-refractivity contribution >= 4 is 0 Å². The highest BCUT2D eigenvalue weighted by atomic mass is 16.5. The molecule has 0 aliphatic rings. The molecule has 1 N–H and O–H groups in total. The Morgan fingerprint density at radius 3 is 2.65 bits per heavy atom. The first kappa shape index (κ1) is 14.5. The maximum absolute atomic E-state index is 5.55. The van der Waals surface area contributed by atoms with Crippen molar-refractivity contribution in [3.63, 3.8) is 0 Å². The standard InChI is InChI=1S/C15H22N4O/c1-15(2,3)17-9-12-6-5-7-13(8-12)10-20-14-16-11-19(4)18-14/h5-8,11,17H,9-10H2,1-4H3. The van der Waals surface area contributed by atoms with Gasteiger partial charge < -0.3 is 10.1 Å². The van der Waals surface area contributed by atoms with Crippen LogP contribution in [0.4, 0.5) is 0 Å². The van der Waals surface area contributed by atoms with Gasteiger partial charge in [-0.3, -0.25) is 4.68 Å². The van der Waals surface area contributed by atoms with Crippen molar-refractivity contribution in [2.24, 2.45) is 7.05 Å². The predicted molar refractivity (Wildman–Crippen MR) is 78.4 cm³/mol. The largest absolute Gasteiger partial charge is 0.458 e. The summed E-state index contributed by atoms with van der Waals surface area (Å²) in [6.07, 6.45) is 1.62. The van der Waals surface area contributed by atoms with Crippen molar-refractivity contribution in [3.05, 3.63) is 41.7 Å². The second-order valence-electron chi connectivity index (χ2n) is 5.91. The lowest BCUT2D eigenvalue weighted by molar-refractivity contribution is 0.280. The van der Waals surface area contributed by atoms with Crippen molar-refractivity contribution in [2.45, 2.75) is 39.5 Å². The van der Waals surface area contributed by atoms with Crippen LogP contribution in [0.2, 0.25) is 0 Å². The van der Waals surface area contributed by atoms with Crippen LogP contribution in [0.5, 0.6) is 6.01 Å². The van der Waals surface area contributed by atoms with Gasteiger partial charge >= 0.3 is 6.01 Å². The van der Waals surface area contributed by atoms with Gasteiger partial charge in [0.1, 0.15) is 12.9 Å². The minimum atomic E-state index is 0.115. The van der Waals surface area contributed by atoms with E-state index >= 15 is 0 Å². The van der Waals surface area contributed by atoms with Gasteiger partial charge in [0.2, 0.25) is 0 Å². The number of rotatable bonds is 5. The molecule has 0 aliphatic heterocycles. The van der Waals surface area contributed by atoms with E-state index in [-0.39, 0.29) is 5.54 Å². The van der Waals surface area contributed by atoms with Gasteiger partial charge in [0.05, 0.1) is 0 Å². The minimum Gasteiger partial charge on any atom is -0.458 e. The van der Waals surface area contributed by atoms with Gasteiger partial charge in [0, 0.05) is 19.1 Å². The third-order valence-corrected chi connectivity index (χ3v) is 2.76. The van der Waals surface area contributed by atoms with Crippen molar-refractivity contribution in [3.8, 4) is 6.01 Å². The summed E-state index contributed by atoms with van der Waals surface area (Å²) < 4.78 is 7.17.